The van der Waals surface area contributed by atoms with E-state index in [1.807, 2.05) is 0 Å². The number of hydrogen-bond donors (Lipinski definition) is 1. The van der Waals surface area contributed by atoms with Gasteiger partial charge < -0.3 is 10.0 Å². The molecule has 0 radical (unpaired) electrons. The summed E-state index contributed by atoms with van der Waals surface area (Å²) in [4.78, 5) is 26.4. The highest BCUT2D eigenvalue weighted by atomic mass is 35.5. The van der Waals surface area contributed by atoms with E-state index in [9.17, 15) is 27.9 Å². The van der Waals surface area contributed by atoms with Crippen molar-refractivity contribution < 1.29 is 27.9 Å². The van der Waals surface area contributed by atoms with Gasteiger partial charge in [0.15, 0.2) is 0 Å². The predicted molar refractivity (Wildman–Crippen MR) is 118 cm³/mol. The molecule has 0 aliphatic carbocycles. The third kappa shape index (κ3) is 4.46. The van der Waals surface area contributed by atoms with Gasteiger partial charge in [-0.25, -0.2) is 4.79 Å². The summed E-state index contributed by atoms with van der Waals surface area (Å²) in [7, 11) is 0. The summed E-state index contributed by atoms with van der Waals surface area (Å²) >= 11 is 6.29. The zero-order valence-corrected chi connectivity index (χ0v) is 18.0. The average molecular weight is 474 g/mol. The van der Waals surface area contributed by atoms with Crippen molar-refractivity contribution in [1.82, 2.24) is 4.90 Å². The molecule has 0 spiro atoms. The Bertz CT molecular complexity index is 1200. The Morgan fingerprint density at radius 3 is 2.24 bits per heavy atom. The maximum Gasteiger partial charge on any atom is 0.417 e. The summed E-state index contributed by atoms with van der Waals surface area (Å²) in [6.45, 7) is 0. The van der Waals surface area contributed by atoms with Crippen molar-refractivity contribution in [2.45, 2.75) is 31.1 Å². The fourth-order valence-electron chi connectivity index (χ4n) is 4.32. The molecule has 4 nitrogen and oxygen atoms in total. The molecule has 1 heterocycles. The molecule has 0 aromatic heterocycles. The van der Waals surface area contributed by atoms with E-state index in [4.69, 9.17) is 11.6 Å². The molecule has 0 bridgehead atoms. The molecule has 3 aromatic rings. The molecule has 2 atom stereocenters. The molecular weight excluding hydrogens is 455 g/mol. The number of aliphatic carboxylic acids is 1. The largest absolute Gasteiger partial charge is 0.480 e. The van der Waals surface area contributed by atoms with Gasteiger partial charge >= 0.3 is 12.1 Å². The first-order valence-electron chi connectivity index (χ1n) is 10.2. The van der Waals surface area contributed by atoms with Crippen molar-refractivity contribution in [3.05, 3.63) is 94.5 Å². The molecule has 0 saturated carbocycles. The maximum atomic E-state index is 13.9. The van der Waals surface area contributed by atoms with E-state index in [0.29, 0.717) is 22.6 Å². The normalized spacial score (nSPS) is 18.4. The summed E-state index contributed by atoms with van der Waals surface area (Å²) in [6, 6.07) is 16.3. The third-order valence-electron chi connectivity index (χ3n) is 5.83. The van der Waals surface area contributed by atoms with Gasteiger partial charge in [-0.05, 0) is 47.7 Å². The van der Waals surface area contributed by atoms with Crippen LogP contribution in [0.3, 0.4) is 0 Å². The second kappa shape index (κ2) is 8.90. The standard InChI is InChI=1S/C25H19ClF3NO3/c26-20-9-5-4-8-18(20)21-12-13-22(24(32)33)30(21)23(31)16-10-11-17(15-6-2-1-3-7-15)19(14-16)25(27,28)29/h1-11,14,21-22H,12-13H2,(H,32,33)/t21-,22+/m1/s1. The lowest BCUT2D eigenvalue weighted by atomic mass is 9.96. The molecule has 0 unspecified atom stereocenters. The SMILES string of the molecule is O=C(O)[C@@H]1CC[C@H](c2ccccc2Cl)N1C(=O)c1ccc(-c2ccccc2)c(C(F)(F)F)c1. The highest BCUT2D eigenvalue weighted by Gasteiger charge is 2.43. The second-order valence-electron chi connectivity index (χ2n) is 7.81. The van der Waals surface area contributed by atoms with Gasteiger partial charge in [-0.1, -0.05) is 66.2 Å². The number of benzene rings is 3. The molecule has 33 heavy (non-hydrogen) atoms. The lowest BCUT2D eigenvalue weighted by Crippen LogP contribution is -2.42. The van der Waals surface area contributed by atoms with E-state index in [2.05, 4.69) is 0 Å². The minimum Gasteiger partial charge on any atom is -0.480 e. The Balaban J connectivity index is 1.79. The van der Waals surface area contributed by atoms with Crippen LogP contribution >= 0.6 is 11.6 Å². The van der Waals surface area contributed by atoms with Crippen molar-refractivity contribution in [2.24, 2.45) is 0 Å². The molecule has 1 fully saturated rings. The van der Waals surface area contributed by atoms with Crippen LogP contribution in [0.2, 0.25) is 5.02 Å². The first-order valence-corrected chi connectivity index (χ1v) is 10.6. The molecule has 170 valence electrons. The van der Waals surface area contributed by atoms with E-state index in [-0.39, 0.29) is 17.5 Å². The van der Waals surface area contributed by atoms with Gasteiger partial charge in [0, 0.05) is 10.6 Å². The topological polar surface area (TPSA) is 57.6 Å². The van der Waals surface area contributed by atoms with Crippen LogP contribution in [0.5, 0.6) is 0 Å². The zero-order valence-electron chi connectivity index (χ0n) is 17.2. The van der Waals surface area contributed by atoms with Gasteiger partial charge in [0.25, 0.3) is 5.91 Å². The predicted octanol–water partition coefficient (Wildman–Crippen LogP) is 6.46. The fourth-order valence-corrected chi connectivity index (χ4v) is 4.58. The third-order valence-corrected chi connectivity index (χ3v) is 6.17. The Morgan fingerprint density at radius 1 is 0.939 bits per heavy atom. The van der Waals surface area contributed by atoms with Gasteiger partial charge in [-0.3, -0.25) is 4.79 Å². The summed E-state index contributed by atoms with van der Waals surface area (Å²) in [5.41, 5.74) is -0.318. The molecule has 8 heteroatoms. The fraction of sp³-hybridized carbons (Fsp3) is 0.200. The Labute approximate surface area is 193 Å². The Morgan fingerprint density at radius 2 is 1.61 bits per heavy atom. The maximum absolute atomic E-state index is 13.9. The van der Waals surface area contributed by atoms with Crippen LogP contribution in [-0.4, -0.2) is 27.9 Å². The molecule has 1 saturated heterocycles. The monoisotopic (exact) mass is 473 g/mol. The van der Waals surface area contributed by atoms with E-state index in [0.717, 1.165) is 11.0 Å². The summed E-state index contributed by atoms with van der Waals surface area (Å²) in [5.74, 6) is -2.00. The number of amides is 1. The van der Waals surface area contributed by atoms with Gasteiger partial charge in [-0.2, -0.15) is 13.2 Å². The minimum absolute atomic E-state index is 0.0569. The van der Waals surface area contributed by atoms with Crippen molar-refractivity contribution in [3.63, 3.8) is 0 Å². The number of carbonyl (C=O) groups is 2. The van der Waals surface area contributed by atoms with Crippen molar-refractivity contribution in [3.8, 4) is 11.1 Å². The number of nitrogens with zero attached hydrogens (tertiary/aromatic N) is 1. The van der Waals surface area contributed by atoms with Gasteiger partial charge in [-0.15, -0.1) is 0 Å². The number of hydrogen-bond acceptors (Lipinski definition) is 2. The molecular formula is C25H19ClF3NO3. The number of rotatable bonds is 4. The van der Waals surface area contributed by atoms with Crippen LogP contribution in [0.1, 0.15) is 40.4 Å². The van der Waals surface area contributed by atoms with Crippen LogP contribution < -0.4 is 0 Å². The quantitative estimate of drug-likeness (QED) is 0.473. The minimum atomic E-state index is -4.71. The van der Waals surface area contributed by atoms with Crippen LogP contribution in [0.15, 0.2) is 72.8 Å². The molecule has 3 aromatic carbocycles. The smallest absolute Gasteiger partial charge is 0.417 e. The van der Waals surface area contributed by atoms with Crippen molar-refractivity contribution in [2.75, 3.05) is 0 Å². The van der Waals surface area contributed by atoms with Gasteiger partial charge in [0.05, 0.1) is 11.6 Å². The van der Waals surface area contributed by atoms with E-state index < -0.39 is 35.7 Å². The number of carbonyl (C=O) groups excluding carboxylic acids is 1. The van der Waals surface area contributed by atoms with Crippen molar-refractivity contribution >= 4 is 23.5 Å². The van der Waals surface area contributed by atoms with Crippen LogP contribution in [0, 0.1) is 0 Å². The number of alkyl halides is 3. The highest BCUT2D eigenvalue weighted by Crippen LogP contribution is 2.42. The number of carboxylic acids is 1. The summed E-state index contributed by atoms with van der Waals surface area (Å²) in [6.07, 6.45) is -4.20. The summed E-state index contributed by atoms with van der Waals surface area (Å²) < 4.78 is 41.8. The zero-order chi connectivity index (χ0) is 23.8. The molecule has 1 aliphatic heterocycles. The number of halogens is 4. The summed E-state index contributed by atoms with van der Waals surface area (Å²) in [5, 5.41) is 10.0. The lowest BCUT2D eigenvalue weighted by Gasteiger charge is -2.29. The average Bonchev–Trinajstić information content (AvgIpc) is 3.24. The number of likely N-dealkylation sites (tertiary alicyclic amines) is 1. The molecule has 1 aliphatic rings. The Hall–Kier alpha value is -3.32. The van der Waals surface area contributed by atoms with Crippen LogP contribution in [0.4, 0.5) is 13.2 Å². The van der Waals surface area contributed by atoms with Crippen LogP contribution in [-0.2, 0) is 11.0 Å². The first kappa shape index (κ1) is 22.9. The van der Waals surface area contributed by atoms with Gasteiger partial charge in [0.1, 0.15) is 6.04 Å². The Kier molecular flexibility index (Phi) is 6.17. The van der Waals surface area contributed by atoms with E-state index in [1.165, 1.54) is 12.1 Å². The lowest BCUT2D eigenvalue weighted by molar-refractivity contribution is -0.142. The van der Waals surface area contributed by atoms with Gasteiger partial charge in [0.2, 0.25) is 0 Å². The molecule has 1 amide bonds. The van der Waals surface area contributed by atoms with E-state index in [1.54, 1.807) is 54.6 Å². The number of carboxylic acid groups (broad SMARTS) is 1. The second-order valence-corrected chi connectivity index (χ2v) is 8.21. The molecule has 1 N–H and O–H groups in total. The highest BCUT2D eigenvalue weighted by molar-refractivity contribution is 6.31. The van der Waals surface area contributed by atoms with E-state index >= 15 is 0 Å². The van der Waals surface area contributed by atoms with Crippen molar-refractivity contribution in [1.29, 1.82) is 0 Å². The molecule has 4 rings (SSSR count). The first-order chi connectivity index (χ1) is 15.7. The van der Waals surface area contributed by atoms with Crippen LogP contribution in [0.25, 0.3) is 11.1 Å².